The second-order valence-electron chi connectivity index (χ2n) is 3.59. The van der Waals surface area contributed by atoms with E-state index in [1.54, 1.807) is 18.5 Å². The van der Waals surface area contributed by atoms with Crippen molar-refractivity contribution in [2.24, 2.45) is 5.73 Å². The van der Waals surface area contributed by atoms with Crippen LogP contribution in [-0.4, -0.2) is 16.5 Å². The molecule has 0 fully saturated rings. The zero-order valence-corrected chi connectivity index (χ0v) is 11.0. The minimum absolute atomic E-state index is 0.169. The molecular weight excluding hydrogens is 301 g/mol. The average Bonchev–Trinajstić information content (AvgIpc) is 2.37. The number of hydrogen-bond acceptors (Lipinski definition) is 4. The third-order valence-electron chi connectivity index (χ3n) is 2.21. The zero-order chi connectivity index (χ0) is 13.0. The summed E-state index contributed by atoms with van der Waals surface area (Å²) < 4.78 is 19.1. The molecule has 0 unspecified atom stereocenters. The number of nitrogens with two attached hydrogens (primary N) is 1. The lowest BCUT2D eigenvalue weighted by molar-refractivity contribution is 0.434. The summed E-state index contributed by atoms with van der Waals surface area (Å²) >= 11 is 3.26. The van der Waals surface area contributed by atoms with Crippen LogP contribution in [0.25, 0.3) is 0 Å². The number of benzene rings is 1. The largest absolute Gasteiger partial charge is 0.423 e. The third kappa shape index (κ3) is 3.24. The maximum Gasteiger partial charge on any atom is 0.321 e. The van der Waals surface area contributed by atoms with Gasteiger partial charge in [-0.2, -0.15) is 0 Å². The van der Waals surface area contributed by atoms with Crippen molar-refractivity contribution < 1.29 is 9.13 Å². The van der Waals surface area contributed by atoms with Crippen LogP contribution in [0, 0.1) is 5.82 Å². The van der Waals surface area contributed by atoms with Crippen molar-refractivity contribution in [3.05, 3.63) is 46.4 Å². The maximum atomic E-state index is 13.1. The van der Waals surface area contributed by atoms with E-state index in [1.165, 1.54) is 12.1 Å². The summed E-state index contributed by atoms with van der Waals surface area (Å²) in [5, 5.41) is 0. The molecule has 0 aliphatic rings. The van der Waals surface area contributed by atoms with E-state index in [9.17, 15) is 4.39 Å². The molecule has 0 aliphatic heterocycles. The van der Waals surface area contributed by atoms with Gasteiger partial charge in [0.05, 0.1) is 4.47 Å². The highest BCUT2D eigenvalue weighted by atomic mass is 79.9. The molecule has 0 spiro atoms. The lowest BCUT2D eigenvalue weighted by atomic mass is 10.2. The first-order valence-corrected chi connectivity index (χ1v) is 6.12. The summed E-state index contributed by atoms with van der Waals surface area (Å²) in [6.07, 6.45) is 3.99. The molecule has 2 N–H and O–H groups in total. The van der Waals surface area contributed by atoms with Gasteiger partial charge >= 0.3 is 6.01 Å². The van der Waals surface area contributed by atoms with Crippen molar-refractivity contribution in [1.29, 1.82) is 0 Å². The Hall–Kier alpha value is -1.53. The van der Waals surface area contributed by atoms with Crippen molar-refractivity contribution in [3.63, 3.8) is 0 Å². The number of hydrogen-bond donors (Lipinski definition) is 1. The number of halogens is 2. The molecule has 0 saturated heterocycles. The molecule has 0 atom stereocenters. The first-order chi connectivity index (χ1) is 8.69. The van der Waals surface area contributed by atoms with Crippen molar-refractivity contribution in [2.45, 2.75) is 6.42 Å². The smallest absolute Gasteiger partial charge is 0.321 e. The van der Waals surface area contributed by atoms with Crippen LogP contribution in [0.5, 0.6) is 11.8 Å². The number of rotatable bonds is 4. The molecule has 94 valence electrons. The summed E-state index contributed by atoms with van der Waals surface area (Å²) in [5.74, 6) is -0.0467. The molecule has 0 aliphatic carbocycles. The molecular formula is C12H11BrFN3O. The van der Waals surface area contributed by atoms with Gasteiger partial charge < -0.3 is 10.5 Å². The molecule has 2 aromatic rings. The van der Waals surface area contributed by atoms with Gasteiger partial charge in [0.15, 0.2) is 0 Å². The predicted molar refractivity (Wildman–Crippen MR) is 69.0 cm³/mol. The highest BCUT2D eigenvalue weighted by Crippen LogP contribution is 2.28. The van der Waals surface area contributed by atoms with Crippen molar-refractivity contribution in [3.8, 4) is 11.8 Å². The molecule has 18 heavy (non-hydrogen) atoms. The fraction of sp³-hybridized carbons (Fsp3) is 0.167. The topological polar surface area (TPSA) is 61.0 Å². The van der Waals surface area contributed by atoms with Crippen LogP contribution < -0.4 is 10.5 Å². The Morgan fingerprint density at radius 2 is 2.00 bits per heavy atom. The first-order valence-electron chi connectivity index (χ1n) is 5.33. The summed E-state index contributed by atoms with van der Waals surface area (Å²) in [6, 6.07) is 4.33. The lowest BCUT2D eigenvalue weighted by Crippen LogP contribution is -2.03. The Morgan fingerprint density at radius 3 is 2.67 bits per heavy atom. The van der Waals surface area contributed by atoms with Crippen molar-refractivity contribution in [2.75, 3.05) is 6.54 Å². The number of aromatic nitrogens is 2. The molecule has 0 radical (unpaired) electrons. The van der Waals surface area contributed by atoms with Crippen LogP contribution in [0.3, 0.4) is 0 Å². The molecule has 6 heteroatoms. The fourth-order valence-corrected chi connectivity index (χ4v) is 1.67. The first kappa shape index (κ1) is 12.9. The lowest BCUT2D eigenvalue weighted by Gasteiger charge is -2.06. The van der Waals surface area contributed by atoms with Crippen molar-refractivity contribution in [1.82, 2.24) is 9.97 Å². The van der Waals surface area contributed by atoms with Gasteiger partial charge in [-0.3, -0.25) is 0 Å². The highest BCUT2D eigenvalue weighted by molar-refractivity contribution is 9.10. The highest BCUT2D eigenvalue weighted by Gasteiger charge is 2.06. The second-order valence-corrected chi connectivity index (χ2v) is 4.44. The van der Waals surface area contributed by atoms with Gasteiger partial charge in [-0.1, -0.05) is 0 Å². The van der Waals surface area contributed by atoms with E-state index in [2.05, 4.69) is 25.9 Å². The molecule has 2 rings (SSSR count). The van der Waals surface area contributed by atoms with E-state index >= 15 is 0 Å². The van der Waals surface area contributed by atoms with E-state index in [1.807, 2.05) is 0 Å². The summed E-state index contributed by atoms with van der Waals surface area (Å²) in [6.45, 7) is 0.541. The fourth-order valence-electron chi connectivity index (χ4n) is 1.35. The third-order valence-corrected chi connectivity index (χ3v) is 2.86. The number of nitrogens with zero attached hydrogens (tertiary/aromatic N) is 2. The Bertz CT molecular complexity index is 533. The standard InChI is InChI=1S/C12H11BrFN3O/c13-10-2-1-9(14)5-11(10)18-12-16-6-8(3-4-15)7-17-12/h1-2,5-7H,3-4,15H2. The van der Waals surface area contributed by atoms with Gasteiger partial charge in [0.25, 0.3) is 0 Å². The Morgan fingerprint density at radius 1 is 1.28 bits per heavy atom. The normalized spacial score (nSPS) is 10.4. The molecule has 0 amide bonds. The minimum atomic E-state index is -0.382. The Balaban J connectivity index is 2.15. The monoisotopic (exact) mass is 311 g/mol. The van der Waals surface area contributed by atoms with E-state index in [0.717, 1.165) is 5.56 Å². The van der Waals surface area contributed by atoms with Crippen LogP contribution in [-0.2, 0) is 6.42 Å². The predicted octanol–water partition coefficient (Wildman–Crippen LogP) is 2.67. The molecule has 0 saturated carbocycles. The zero-order valence-electron chi connectivity index (χ0n) is 9.44. The Kier molecular flexibility index (Phi) is 4.22. The quantitative estimate of drug-likeness (QED) is 0.943. The van der Waals surface area contributed by atoms with E-state index in [4.69, 9.17) is 10.5 Å². The van der Waals surface area contributed by atoms with Crippen LogP contribution in [0.15, 0.2) is 35.1 Å². The van der Waals surface area contributed by atoms with E-state index in [0.29, 0.717) is 23.2 Å². The van der Waals surface area contributed by atoms with Crippen LogP contribution in [0.4, 0.5) is 4.39 Å². The van der Waals surface area contributed by atoms with Gasteiger partial charge in [0.1, 0.15) is 11.6 Å². The molecule has 1 aromatic heterocycles. The van der Waals surface area contributed by atoms with Gasteiger partial charge in [0.2, 0.25) is 0 Å². The average molecular weight is 312 g/mol. The van der Waals surface area contributed by atoms with Crippen LogP contribution in [0.1, 0.15) is 5.56 Å². The summed E-state index contributed by atoms with van der Waals surface area (Å²) in [7, 11) is 0. The van der Waals surface area contributed by atoms with Gasteiger partial charge in [-0.15, -0.1) is 0 Å². The molecule has 1 heterocycles. The summed E-state index contributed by atoms with van der Waals surface area (Å²) in [5.41, 5.74) is 6.36. The van der Waals surface area contributed by atoms with Gasteiger partial charge in [-0.25, -0.2) is 14.4 Å². The molecule has 4 nitrogen and oxygen atoms in total. The molecule has 0 bridgehead atoms. The summed E-state index contributed by atoms with van der Waals surface area (Å²) in [4.78, 5) is 8.06. The maximum absolute atomic E-state index is 13.1. The molecule has 1 aromatic carbocycles. The van der Waals surface area contributed by atoms with Gasteiger partial charge in [-0.05, 0) is 46.6 Å². The SMILES string of the molecule is NCCc1cnc(Oc2cc(F)ccc2Br)nc1. The van der Waals surface area contributed by atoms with Crippen LogP contribution >= 0.6 is 15.9 Å². The van der Waals surface area contributed by atoms with Crippen molar-refractivity contribution >= 4 is 15.9 Å². The minimum Gasteiger partial charge on any atom is -0.423 e. The van der Waals surface area contributed by atoms with E-state index < -0.39 is 0 Å². The second kappa shape index (κ2) is 5.88. The van der Waals surface area contributed by atoms with Gasteiger partial charge in [0, 0.05) is 18.5 Å². The van der Waals surface area contributed by atoms with Crippen LogP contribution in [0.2, 0.25) is 0 Å². The number of ether oxygens (including phenoxy) is 1. The van der Waals surface area contributed by atoms with E-state index in [-0.39, 0.29) is 11.8 Å². The Labute approximate surface area is 112 Å².